The highest BCUT2D eigenvalue weighted by Gasteiger charge is 2.37. The van der Waals surface area contributed by atoms with Crippen LogP contribution in [0.5, 0.6) is 0 Å². The van der Waals surface area contributed by atoms with Gasteiger partial charge in [-0.05, 0) is 37.4 Å². The van der Waals surface area contributed by atoms with Crippen LogP contribution in [0.4, 0.5) is 0 Å². The van der Waals surface area contributed by atoms with Crippen molar-refractivity contribution in [3.05, 3.63) is 5.82 Å². The summed E-state index contributed by atoms with van der Waals surface area (Å²) in [4.78, 5) is 3.95. The van der Waals surface area contributed by atoms with Crippen LogP contribution in [-0.2, 0) is 13.6 Å². The van der Waals surface area contributed by atoms with Crippen LogP contribution in [0.25, 0.3) is 0 Å². The van der Waals surface area contributed by atoms with E-state index >= 15 is 0 Å². The monoisotopic (exact) mass is 265 g/mol. The van der Waals surface area contributed by atoms with Crippen molar-refractivity contribution in [2.24, 2.45) is 13.0 Å². The van der Waals surface area contributed by atoms with Crippen molar-refractivity contribution >= 4 is 0 Å². The number of rotatable bonds is 3. The summed E-state index contributed by atoms with van der Waals surface area (Å²) >= 11 is 0. The number of hydrogen-bond donors (Lipinski definition) is 1. The Labute approximate surface area is 113 Å². The van der Waals surface area contributed by atoms with Gasteiger partial charge in [0.2, 0.25) is 0 Å². The van der Waals surface area contributed by atoms with Crippen LogP contribution in [0.1, 0.15) is 44.3 Å². The Morgan fingerprint density at radius 3 is 2.79 bits per heavy atom. The van der Waals surface area contributed by atoms with Gasteiger partial charge in [0.15, 0.2) is 5.82 Å². The van der Waals surface area contributed by atoms with Crippen LogP contribution in [0.15, 0.2) is 0 Å². The average molecular weight is 265 g/mol. The molecule has 3 unspecified atom stereocenters. The van der Waals surface area contributed by atoms with Crippen molar-refractivity contribution in [3.63, 3.8) is 0 Å². The minimum Gasteiger partial charge on any atom is -0.393 e. The number of likely N-dealkylation sites (tertiary alicyclic amines) is 1. The second kappa shape index (κ2) is 5.54. The first-order valence-electron chi connectivity index (χ1n) is 7.39. The summed E-state index contributed by atoms with van der Waals surface area (Å²) in [5.41, 5.74) is 0. The van der Waals surface area contributed by atoms with E-state index in [0.717, 1.165) is 31.8 Å². The van der Waals surface area contributed by atoms with Gasteiger partial charge in [-0.3, -0.25) is 4.90 Å². The lowest BCUT2D eigenvalue weighted by atomic mass is 9.80. The minimum absolute atomic E-state index is 0.117. The van der Waals surface area contributed by atoms with Gasteiger partial charge in [0.05, 0.1) is 19.7 Å². The van der Waals surface area contributed by atoms with Gasteiger partial charge < -0.3 is 5.11 Å². The molecule has 1 saturated carbocycles. The third-order valence-corrected chi connectivity index (χ3v) is 4.58. The summed E-state index contributed by atoms with van der Waals surface area (Å²) in [6, 6.07) is 0.499. The highest BCUT2D eigenvalue weighted by Crippen LogP contribution is 2.34. The predicted molar refractivity (Wildman–Crippen MR) is 70.2 cm³/mol. The summed E-state index contributed by atoms with van der Waals surface area (Å²) in [6.45, 7) is 1.86. The quantitative estimate of drug-likeness (QED) is 0.872. The predicted octanol–water partition coefficient (Wildman–Crippen LogP) is 0.726. The van der Waals surface area contributed by atoms with Gasteiger partial charge in [-0.25, -0.2) is 0 Å². The van der Waals surface area contributed by atoms with Crippen LogP contribution < -0.4 is 0 Å². The zero-order valence-corrected chi connectivity index (χ0v) is 11.6. The molecule has 0 aromatic carbocycles. The second-order valence-electron chi connectivity index (χ2n) is 5.89. The zero-order chi connectivity index (χ0) is 13.2. The highest BCUT2D eigenvalue weighted by molar-refractivity contribution is 4.92. The summed E-state index contributed by atoms with van der Waals surface area (Å²) in [7, 11) is 1.79. The van der Waals surface area contributed by atoms with E-state index < -0.39 is 0 Å². The maximum absolute atomic E-state index is 10.2. The normalized spacial score (nSPS) is 32.8. The number of aromatic nitrogens is 4. The van der Waals surface area contributed by atoms with Gasteiger partial charge >= 0.3 is 0 Å². The second-order valence-corrected chi connectivity index (χ2v) is 5.89. The Bertz CT molecular complexity index is 421. The largest absolute Gasteiger partial charge is 0.393 e. The fraction of sp³-hybridized carbons (Fsp3) is 0.923. The summed E-state index contributed by atoms with van der Waals surface area (Å²) < 4.78 is 0. The molecule has 0 amide bonds. The molecule has 1 N–H and O–H groups in total. The van der Waals surface area contributed by atoms with E-state index in [4.69, 9.17) is 0 Å². The molecule has 1 aromatic rings. The first-order chi connectivity index (χ1) is 9.24. The molecule has 1 saturated heterocycles. The fourth-order valence-corrected chi connectivity index (χ4v) is 3.69. The lowest BCUT2D eigenvalue weighted by Gasteiger charge is -2.36. The molecular formula is C13H23N5O. The van der Waals surface area contributed by atoms with E-state index in [2.05, 4.69) is 20.3 Å². The minimum atomic E-state index is -0.117. The number of aliphatic hydroxyl groups is 1. The van der Waals surface area contributed by atoms with E-state index in [0.29, 0.717) is 12.0 Å². The van der Waals surface area contributed by atoms with Gasteiger partial charge in [-0.2, -0.15) is 4.80 Å². The Morgan fingerprint density at radius 1 is 1.21 bits per heavy atom. The van der Waals surface area contributed by atoms with Crippen molar-refractivity contribution in [1.82, 2.24) is 25.1 Å². The summed E-state index contributed by atoms with van der Waals surface area (Å²) in [6.07, 6.45) is 6.87. The van der Waals surface area contributed by atoms with Crippen molar-refractivity contribution in [1.29, 1.82) is 0 Å². The van der Waals surface area contributed by atoms with Gasteiger partial charge in [-0.1, -0.05) is 12.8 Å². The molecule has 6 heteroatoms. The molecule has 3 rings (SSSR count). The summed E-state index contributed by atoms with van der Waals surface area (Å²) in [5.74, 6) is 1.23. The molecule has 6 nitrogen and oxygen atoms in total. The molecule has 19 heavy (non-hydrogen) atoms. The number of hydrogen-bond acceptors (Lipinski definition) is 5. The molecule has 0 radical (unpaired) electrons. The van der Waals surface area contributed by atoms with Crippen molar-refractivity contribution < 1.29 is 5.11 Å². The van der Waals surface area contributed by atoms with E-state index in [9.17, 15) is 5.11 Å². The lowest BCUT2D eigenvalue weighted by Crippen LogP contribution is -2.42. The number of aryl methyl sites for hydroxylation is 1. The molecule has 106 valence electrons. The lowest BCUT2D eigenvalue weighted by molar-refractivity contribution is 0.0195. The van der Waals surface area contributed by atoms with Crippen molar-refractivity contribution in [2.45, 2.75) is 57.2 Å². The standard InChI is InChI=1S/C13H23N5O/c1-17-15-13(14-16-17)9-18-8-4-6-11(18)10-5-2-3-7-12(10)19/h10-12,19H,2-9H2,1H3. The van der Waals surface area contributed by atoms with Gasteiger partial charge in [0.25, 0.3) is 0 Å². The molecule has 2 fully saturated rings. The summed E-state index contributed by atoms with van der Waals surface area (Å²) in [5, 5.41) is 22.5. The smallest absolute Gasteiger partial charge is 0.188 e. The molecule has 0 spiro atoms. The molecule has 2 aliphatic rings. The third-order valence-electron chi connectivity index (χ3n) is 4.58. The van der Waals surface area contributed by atoms with Crippen LogP contribution in [-0.4, -0.2) is 48.9 Å². The van der Waals surface area contributed by atoms with Crippen LogP contribution in [0.3, 0.4) is 0 Å². The topological polar surface area (TPSA) is 67.1 Å². The van der Waals surface area contributed by atoms with Crippen molar-refractivity contribution in [2.75, 3.05) is 6.54 Å². The zero-order valence-electron chi connectivity index (χ0n) is 11.6. The SMILES string of the molecule is Cn1nnc(CN2CCCC2C2CCCCC2O)n1. The van der Waals surface area contributed by atoms with E-state index in [1.807, 2.05) is 0 Å². The first-order valence-corrected chi connectivity index (χ1v) is 7.39. The van der Waals surface area contributed by atoms with Crippen molar-refractivity contribution in [3.8, 4) is 0 Å². The highest BCUT2D eigenvalue weighted by atomic mass is 16.3. The number of nitrogens with zero attached hydrogens (tertiary/aromatic N) is 5. The Balaban J connectivity index is 1.67. The Hall–Kier alpha value is -1.01. The molecule has 1 aliphatic heterocycles. The van der Waals surface area contributed by atoms with Gasteiger partial charge in [0.1, 0.15) is 0 Å². The number of aliphatic hydroxyl groups excluding tert-OH is 1. The third kappa shape index (κ3) is 2.79. The molecule has 0 bridgehead atoms. The molecule has 2 heterocycles. The Morgan fingerprint density at radius 2 is 2.05 bits per heavy atom. The van der Waals surface area contributed by atoms with Crippen LogP contribution in [0.2, 0.25) is 0 Å². The van der Waals surface area contributed by atoms with Crippen LogP contribution in [0, 0.1) is 5.92 Å². The Kier molecular flexibility index (Phi) is 3.79. The fourth-order valence-electron chi connectivity index (χ4n) is 3.69. The molecule has 1 aromatic heterocycles. The van der Waals surface area contributed by atoms with E-state index in [-0.39, 0.29) is 6.10 Å². The maximum Gasteiger partial charge on any atom is 0.188 e. The average Bonchev–Trinajstić information content (AvgIpc) is 3.00. The molecular weight excluding hydrogens is 242 g/mol. The number of tetrazole rings is 1. The molecule has 3 atom stereocenters. The molecule has 1 aliphatic carbocycles. The van der Waals surface area contributed by atoms with Gasteiger partial charge in [0, 0.05) is 12.0 Å². The first kappa shape index (κ1) is 13.0. The van der Waals surface area contributed by atoms with Crippen LogP contribution >= 0.6 is 0 Å². The van der Waals surface area contributed by atoms with E-state index in [1.165, 1.54) is 30.5 Å². The van der Waals surface area contributed by atoms with Gasteiger partial charge in [-0.15, -0.1) is 10.2 Å². The maximum atomic E-state index is 10.2. The van der Waals surface area contributed by atoms with E-state index in [1.54, 1.807) is 7.05 Å².